The summed E-state index contributed by atoms with van der Waals surface area (Å²) in [4.78, 5) is 1.04. The van der Waals surface area contributed by atoms with Crippen LogP contribution in [0.25, 0.3) is 0 Å². The number of alkyl halides is 6. The first kappa shape index (κ1) is 26.3. The average Bonchev–Trinajstić information content (AvgIpc) is 3.13. The number of ether oxygens (including phenoxy) is 1. The molecule has 11 heteroatoms. The fourth-order valence-electron chi connectivity index (χ4n) is 3.91. The Balaban J connectivity index is 1.70. The maximum Gasteiger partial charge on any atom is 0.416 e. The van der Waals surface area contributed by atoms with Gasteiger partial charge in [0.1, 0.15) is 5.75 Å². The largest absolute Gasteiger partial charge is 0.491 e. The van der Waals surface area contributed by atoms with Gasteiger partial charge in [-0.15, -0.1) is 0 Å². The minimum atomic E-state index is -5.11. The van der Waals surface area contributed by atoms with Crippen LogP contribution >= 0.6 is 0 Å². The summed E-state index contributed by atoms with van der Waals surface area (Å²) >= 11 is 0. The van der Waals surface area contributed by atoms with Crippen molar-refractivity contribution in [1.29, 1.82) is 0 Å². The fourth-order valence-corrected chi connectivity index (χ4v) is 5.61. The van der Waals surface area contributed by atoms with Crippen LogP contribution in [0.4, 0.5) is 26.3 Å². The first-order valence-corrected chi connectivity index (χ1v) is 12.3. The normalized spacial score (nSPS) is 18.0. The molecule has 1 atom stereocenters. The van der Waals surface area contributed by atoms with Crippen molar-refractivity contribution in [3.05, 3.63) is 59.2 Å². The van der Waals surface area contributed by atoms with Crippen LogP contribution in [0.5, 0.6) is 5.75 Å². The highest BCUT2D eigenvalue weighted by Gasteiger charge is 2.39. The van der Waals surface area contributed by atoms with Crippen molar-refractivity contribution in [2.24, 2.45) is 5.92 Å². The Labute approximate surface area is 194 Å². The summed E-state index contributed by atoms with van der Waals surface area (Å²) < 4.78 is 110. The van der Waals surface area contributed by atoms with Crippen LogP contribution < -0.4 is 4.74 Å². The third kappa shape index (κ3) is 6.88. The summed E-state index contributed by atoms with van der Waals surface area (Å²) in [6, 6.07) is 7.93. The van der Waals surface area contributed by atoms with Crippen molar-refractivity contribution in [2.45, 2.75) is 50.2 Å². The average molecular weight is 510 g/mol. The number of halogens is 6. The zero-order valence-electron chi connectivity index (χ0n) is 18.6. The third-order valence-corrected chi connectivity index (χ3v) is 7.31. The monoisotopic (exact) mass is 509 g/mol. The van der Waals surface area contributed by atoms with E-state index in [1.54, 1.807) is 0 Å². The molecule has 4 nitrogen and oxygen atoms in total. The summed E-state index contributed by atoms with van der Waals surface area (Å²) in [6.07, 6.45) is -9.70. The molecule has 34 heavy (non-hydrogen) atoms. The molecule has 2 aromatic carbocycles. The summed E-state index contributed by atoms with van der Waals surface area (Å²) in [5.41, 5.74) is -2.30. The lowest BCUT2D eigenvalue weighted by atomic mass is 10.1. The van der Waals surface area contributed by atoms with Gasteiger partial charge in [-0.05, 0) is 68.6 Å². The SMILES string of the molecule is CC(C)Oc1ccc(CN2CC[C@@H](CS(=O)(=O)c3cc(C(F)(F)F)cc(C(F)(F)F)c3)C2)cc1. The van der Waals surface area contributed by atoms with Crippen LogP contribution in [0.2, 0.25) is 0 Å². The van der Waals surface area contributed by atoms with Gasteiger partial charge in [-0.3, -0.25) is 4.90 Å². The number of rotatable bonds is 7. The van der Waals surface area contributed by atoms with E-state index in [9.17, 15) is 34.8 Å². The van der Waals surface area contributed by atoms with Crippen molar-refractivity contribution in [1.82, 2.24) is 4.90 Å². The fraction of sp³-hybridized carbons (Fsp3) is 0.478. The summed E-state index contributed by atoms with van der Waals surface area (Å²) in [6.45, 7) is 5.31. The van der Waals surface area contributed by atoms with Crippen LogP contribution in [0.15, 0.2) is 47.4 Å². The van der Waals surface area contributed by atoms with Crippen LogP contribution in [-0.4, -0.2) is 38.3 Å². The summed E-state index contributed by atoms with van der Waals surface area (Å²) in [5, 5.41) is 0. The Morgan fingerprint density at radius 1 is 0.971 bits per heavy atom. The molecule has 188 valence electrons. The molecule has 0 unspecified atom stereocenters. The van der Waals surface area contributed by atoms with Crippen LogP contribution in [0.1, 0.15) is 37.0 Å². The molecule has 0 saturated carbocycles. The third-order valence-electron chi connectivity index (χ3n) is 5.45. The Morgan fingerprint density at radius 3 is 2.03 bits per heavy atom. The topological polar surface area (TPSA) is 46.6 Å². The lowest BCUT2D eigenvalue weighted by molar-refractivity contribution is -0.143. The first-order valence-electron chi connectivity index (χ1n) is 10.6. The van der Waals surface area contributed by atoms with Gasteiger partial charge in [0.2, 0.25) is 0 Å². The molecule has 0 amide bonds. The van der Waals surface area contributed by atoms with Gasteiger partial charge in [0.25, 0.3) is 0 Å². The van der Waals surface area contributed by atoms with Gasteiger partial charge < -0.3 is 4.74 Å². The maximum absolute atomic E-state index is 13.1. The second-order valence-electron chi connectivity index (χ2n) is 8.72. The summed E-state index contributed by atoms with van der Waals surface area (Å²) in [5.74, 6) is -0.204. The van der Waals surface area contributed by atoms with Gasteiger partial charge in [0.15, 0.2) is 9.84 Å². The highest BCUT2D eigenvalue weighted by atomic mass is 32.2. The van der Waals surface area contributed by atoms with E-state index in [1.165, 1.54) is 0 Å². The predicted molar refractivity (Wildman–Crippen MR) is 114 cm³/mol. The second kappa shape index (κ2) is 9.77. The molecule has 0 aliphatic carbocycles. The van der Waals surface area contributed by atoms with Gasteiger partial charge in [-0.25, -0.2) is 8.42 Å². The van der Waals surface area contributed by atoms with Crippen molar-refractivity contribution in [3.63, 3.8) is 0 Å². The molecule has 1 fully saturated rings. The number of benzene rings is 2. The minimum absolute atomic E-state index is 0.0381. The maximum atomic E-state index is 13.1. The molecule has 0 N–H and O–H groups in total. The first-order chi connectivity index (χ1) is 15.6. The van der Waals surface area contributed by atoms with Crippen LogP contribution in [0, 0.1) is 5.92 Å². The minimum Gasteiger partial charge on any atom is -0.491 e. The smallest absolute Gasteiger partial charge is 0.416 e. The quantitative estimate of drug-likeness (QED) is 0.442. The Bertz CT molecular complexity index is 1060. The van der Waals surface area contributed by atoms with Crippen molar-refractivity contribution < 1.29 is 39.5 Å². The molecule has 0 bridgehead atoms. The standard InChI is InChI=1S/C23H25F6NO3S/c1-15(2)33-20-5-3-16(4-6-20)12-30-8-7-17(13-30)14-34(31,32)21-10-18(22(24,25)26)9-19(11-21)23(27,28)29/h3-6,9-11,15,17H,7-8,12-14H2,1-2H3/t17-/m1/s1. The molecule has 1 aliphatic heterocycles. The molecule has 1 aliphatic rings. The predicted octanol–water partition coefficient (Wildman–Crippen LogP) is 5.81. The molecule has 2 aromatic rings. The highest BCUT2D eigenvalue weighted by molar-refractivity contribution is 7.91. The van der Waals surface area contributed by atoms with E-state index >= 15 is 0 Å². The number of sulfone groups is 1. The van der Waals surface area contributed by atoms with E-state index in [-0.39, 0.29) is 24.3 Å². The van der Waals surface area contributed by atoms with Crippen molar-refractivity contribution >= 4 is 9.84 Å². The molecular formula is C23H25F6NO3S. The second-order valence-corrected chi connectivity index (χ2v) is 10.8. The number of likely N-dealkylation sites (tertiary alicyclic amines) is 1. The summed E-state index contributed by atoms with van der Waals surface area (Å²) in [7, 11) is -4.37. The van der Waals surface area contributed by atoms with Crippen molar-refractivity contribution in [2.75, 3.05) is 18.8 Å². The van der Waals surface area contributed by atoms with E-state index < -0.39 is 49.9 Å². The lowest BCUT2D eigenvalue weighted by Crippen LogP contribution is -2.23. The Morgan fingerprint density at radius 2 is 1.53 bits per heavy atom. The zero-order valence-corrected chi connectivity index (χ0v) is 19.4. The van der Waals surface area contributed by atoms with Gasteiger partial charge >= 0.3 is 12.4 Å². The molecule has 0 radical (unpaired) electrons. The van der Waals surface area contributed by atoms with Gasteiger partial charge in [-0.1, -0.05) is 12.1 Å². The Kier molecular flexibility index (Phi) is 7.57. The Hall–Kier alpha value is -2.27. The molecule has 1 saturated heterocycles. The van der Waals surface area contributed by atoms with E-state index in [0.717, 1.165) is 11.3 Å². The number of nitrogens with zero attached hydrogens (tertiary/aromatic N) is 1. The van der Waals surface area contributed by atoms with E-state index in [2.05, 4.69) is 0 Å². The van der Waals surface area contributed by atoms with E-state index in [4.69, 9.17) is 4.74 Å². The molecule has 0 aromatic heterocycles. The van der Waals surface area contributed by atoms with Crippen molar-refractivity contribution in [3.8, 4) is 5.75 Å². The number of hydrogen-bond acceptors (Lipinski definition) is 4. The zero-order chi connectivity index (χ0) is 25.3. The van der Waals surface area contributed by atoms with Gasteiger partial charge in [0.05, 0.1) is 27.9 Å². The molecule has 0 spiro atoms. The van der Waals surface area contributed by atoms with Gasteiger partial charge in [-0.2, -0.15) is 26.3 Å². The van der Waals surface area contributed by atoms with Crippen LogP contribution in [0.3, 0.4) is 0 Å². The van der Waals surface area contributed by atoms with E-state index in [1.807, 2.05) is 43.0 Å². The highest BCUT2D eigenvalue weighted by Crippen LogP contribution is 2.38. The number of hydrogen-bond donors (Lipinski definition) is 0. The lowest BCUT2D eigenvalue weighted by Gasteiger charge is -2.18. The van der Waals surface area contributed by atoms with Crippen LogP contribution in [-0.2, 0) is 28.7 Å². The molecule has 3 rings (SSSR count). The van der Waals surface area contributed by atoms with E-state index in [0.29, 0.717) is 26.1 Å². The van der Waals surface area contributed by atoms with Gasteiger partial charge in [0, 0.05) is 13.1 Å². The molecule has 1 heterocycles. The molecular weight excluding hydrogens is 484 g/mol.